The van der Waals surface area contributed by atoms with Crippen LogP contribution in [0.5, 0.6) is 0 Å². The fraction of sp³-hybridized carbons (Fsp3) is 0. The second-order valence-corrected chi connectivity index (χ2v) is 4.91. The fourth-order valence-electron chi connectivity index (χ4n) is 1.65. The highest BCUT2D eigenvalue weighted by Crippen LogP contribution is 2.23. The number of hydrogen-bond acceptors (Lipinski definition) is 2. The van der Waals surface area contributed by atoms with Crippen molar-refractivity contribution in [1.82, 2.24) is 0 Å². The van der Waals surface area contributed by atoms with E-state index >= 15 is 0 Å². The molecule has 2 rings (SSSR count). The minimum Gasteiger partial charge on any atom is -0.478 e. The van der Waals surface area contributed by atoms with Crippen LogP contribution in [0.2, 0.25) is 0 Å². The lowest BCUT2D eigenvalue weighted by atomic mass is 10.2. The van der Waals surface area contributed by atoms with Crippen molar-refractivity contribution in [2.75, 3.05) is 10.6 Å². The van der Waals surface area contributed by atoms with Gasteiger partial charge in [-0.2, -0.15) is 0 Å². The van der Waals surface area contributed by atoms with Crippen molar-refractivity contribution in [1.29, 1.82) is 0 Å². The summed E-state index contributed by atoms with van der Waals surface area (Å²) in [6.07, 6.45) is 0. The van der Waals surface area contributed by atoms with E-state index in [0.29, 0.717) is 4.47 Å². The van der Waals surface area contributed by atoms with Crippen LogP contribution in [0.15, 0.2) is 46.9 Å². The summed E-state index contributed by atoms with van der Waals surface area (Å²) in [5.41, 5.74) is 0.348. The third-order valence-corrected chi connectivity index (χ3v) is 3.27. The zero-order chi connectivity index (χ0) is 15.4. The number of para-hydroxylation sites is 1. The highest BCUT2D eigenvalue weighted by atomic mass is 79.9. The third kappa shape index (κ3) is 3.79. The largest absolute Gasteiger partial charge is 0.478 e. The molecule has 0 aliphatic carbocycles. The quantitative estimate of drug-likeness (QED) is 0.782. The van der Waals surface area contributed by atoms with Gasteiger partial charge in [-0.3, -0.25) is 0 Å². The van der Waals surface area contributed by atoms with Gasteiger partial charge in [0.05, 0.1) is 16.9 Å². The van der Waals surface area contributed by atoms with Crippen molar-refractivity contribution in [3.8, 4) is 0 Å². The lowest BCUT2D eigenvalue weighted by Crippen LogP contribution is -2.21. The second-order valence-electron chi connectivity index (χ2n) is 4.05. The van der Waals surface area contributed by atoms with E-state index in [1.54, 1.807) is 12.1 Å². The first-order valence-electron chi connectivity index (χ1n) is 5.83. The molecule has 0 aromatic heterocycles. The van der Waals surface area contributed by atoms with E-state index in [1.165, 1.54) is 24.3 Å². The van der Waals surface area contributed by atoms with Gasteiger partial charge in [-0.15, -0.1) is 0 Å². The van der Waals surface area contributed by atoms with Crippen LogP contribution in [0.4, 0.5) is 20.6 Å². The molecule has 108 valence electrons. The van der Waals surface area contributed by atoms with Crippen molar-refractivity contribution < 1.29 is 19.1 Å². The van der Waals surface area contributed by atoms with E-state index in [1.807, 2.05) is 0 Å². The van der Waals surface area contributed by atoms with Gasteiger partial charge in [-0.05, 0) is 46.3 Å². The molecule has 2 aromatic carbocycles. The number of rotatable bonds is 3. The number of anilines is 2. The molecule has 7 heteroatoms. The maximum Gasteiger partial charge on any atom is 0.337 e. The third-order valence-electron chi connectivity index (χ3n) is 2.58. The van der Waals surface area contributed by atoms with Crippen molar-refractivity contribution >= 4 is 39.3 Å². The highest BCUT2D eigenvalue weighted by Gasteiger charge is 2.12. The van der Waals surface area contributed by atoms with Crippen molar-refractivity contribution in [3.63, 3.8) is 0 Å². The van der Waals surface area contributed by atoms with Crippen LogP contribution in [0.3, 0.4) is 0 Å². The number of carbonyl (C=O) groups is 2. The molecule has 0 radical (unpaired) electrons. The molecular weight excluding hydrogens is 343 g/mol. The molecule has 0 spiro atoms. The maximum absolute atomic E-state index is 13.1. The molecular formula is C14H10BrFN2O3. The van der Waals surface area contributed by atoms with Gasteiger partial charge in [-0.25, -0.2) is 14.0 Å². The molecule has 21 heavy (non-hydrogen) atoms. The number of carbonyl (C=O) groups excluding carboxylic acids is 1. The summed E-state index contributed by atoms with van der Waals surface area (Å²) in [5, 5.41) is 13.9. The number of nitrogens with one attached hydrogen (secondary N) is 2. The van der Waals surface area contributed by atoms with E-state index in [-0.39, 0.29) is 16.9 Å². The normalized spacial score (nSPS) is 10.0. The van der Waals surface area contributed by atoms with Gasteiger partial charge in [0.1, 0.15) is 5.82 Å². The lowest BCUT2D eigenvalue weighted by Gasteiger charge is -2.11. The Labute approximate surface area is 127 Å². The van der Waals surface area contributed by atoms with Crippen LogP contribution < -0.4 is 10.6 Å². The SMILES string of the molecule is O=C(Nc1cc(F)ccc1Br)Nc1ccccc1C(=O)O. The first-order valence-corrected chi connectivity index (χ1v) is 6.62. The molecule has 0 atom stereocenters. The lowest BCUT2D eigenvalue weighted by molar-refractivity contribution is 0.0698. The fourth-order valence-corrected chi connectivity index (χ4v) is 1.99. The number of carboxylic acid groups (broad SMARTS) is 1. The Morgan fingerprint density at radius 1 is 1.05 bits per heavy atom. The topological polar surface area (TPSA) is 78.4 Å². The van der Waals surface area contributed by atoms with Crippen LogP contribution in [-0.2, 0) is 0 Å². The molecule has 0 unspecified atom stereocenters. The molecule has 5 nitrogen and oxygen atoms in total. The van der Waals surface area contributed by atoms with Crippen LogP contribution in [0.1, 0.15) is 10.4 Å². The van der Waals surface area contributed by atoms with Crippen LogP contribution >= 0.6 is 15.9 Å². The summed E-state index contributed by atoms with van der Waals surface area (Å²) in [6, 6.07) is 9.15. The molecule has 0 saturated carbocycles. The summed E-state index contributed by atoms with van der Waals surface area (Å²) in [4.78, 5) is 22.9. The van der Waals surface area contributed by atoms with E-state index in [2.05, 4.69) is 26.6 Å². The van der Waals surface area contributed by atoms with Crippen molar-refractivity contribution in [2.45, 2.75) is 0 Å². The van der Waals surface area contributed by atoms with Gasteiger partial charge in [0.25, 0.3) is 0 Å². The number of halogens is 2. The molecule has 0 aliphatic rings. The van der Waals surface area contributed by atoms with E-state index < -0.39 is 17.8 Å². The predicted molar refractivity (Wildman–Crippen MR) is 80.1 cm³/mol. The molecule has 0 saturated heterocycles. The monoisotopic (exact) mass is 352 g/mol. The number of carboxylic acids is 1. The summed E-state index contributed by atoms with van der Waals surface area (Å²) < 4.78 is 13.6. The molecule has 0 bridgehead atoms. The Morgan fingerprint density at radius 2 is 1.71 bits per heavy atom. The number of aromatic carboxylic acids is 1. The Kier molecular flexibility index (Phi) is 4.54. The highest BCUT2D eigenvalue weighted by molar-refractivity contribution is 9.10. The summed E-state index contributed by atoms with van der Waals surface area (Å²) >= 11 is 3.18. The molecule has 3 N–H and O–H groups in total. The smallest absolute Gasteiger partial charge is 0.337 e. The zero-order valence-electron chi connectivity index (χ0n) is 10.6. The first kappa shape index (κ1) is 15.0. The number of urea groups is 1. The Bertz CT molecular complexity index is 706. The molecule has 0 fully saturated rings. The Hall–Kier alpha value is -2.41. The van der Waals surface area contributed by atoms with E-state index in [9.17, 15) is 14.0 Å². The van der Waals surface area contributed by atoms with Crippen molar-refractivity contribution in [2.24, 2.45) is 0 Å². The van der Waals surface area contributed by atoms with E-state index in [4.69, 9.17) is 5.11 Å². The number of benzene rings is 2. The van der Waals surface area contributed by atoms with Gasteiger partial charge in [0.2, 0.25) is 0 Å². The van der Waals surface area contributed by atoms with Crippen LogP contribution in [-0.4, -0.2) is 17.1 Å². The summed E-state index contributed by atoms with van der Waals surface area (Å²) in [5.74, 6) is -1.66. The van der Waals surface area contributed by atoms with E-state index in [0.717, 1.165) is 6.07 Å². The average Bonchev–Trinajstić information content (AvgIpc) is 2.43. The minimum atomic E-state index is -1.15. The van der Waals surface area contributed by atoms with Gasteiger partial charge in [0.15, 0.2) is 0 Å². The molecule has 2 amide bonds. The summed E-state index contributed by atoms with van der Waals surface area (Å²) in [7, 11) is 0. The molecule has 0 aliphatic heterocycles. The van der Waals surface area contributed by atoms with Gasteiger partial charge >= 0.3 is 12.0 Å². The van der Waals surface area contributed by atoms with Gasteiger partial charge < -0.3 is 15.7 Å². The molecule has 0 heterocycles. The Morgan fingerprint density at radius 3 is 2.43 bits per heavy atom. The van der Waals surface area contributed by atoms with Crippen LogP contribution in [0.25, 0.3) is 0 Å². The predicted octanol–water partition coefficient (Wildman–Crippen LogP) is 3.93. The van der Waals surface area contributed by atoms with Gasteiger partial charge in [0, 0.05) is 4.47 Å². The van der Waals surface area contributed by atoms with Crippen molar-refractivity contribution in [3.05, 3.63) is 58.3 Å². The van der Waals surface area contributed by atoms with Crippen LogP contribution in [0, 0.1) is 5.82 Å². The minimum absolute atomic E-state index is 0.0362. The average molecular weight is 353 g/mol. The second kappa shape index (κ2) is 6.36. The number of hydrogen-bond donors (Lipinski definition) is 3. The van der Waals surface area contributed by atoms with Gasteiger partial charge in [-0.1, -0.05) is 12.1 Å². The molecule has 2 aromatic rings. The summed E-state index contributed by atoms with van der Waals surface area (Å²) in [6.45, 7) is 0. The number of amides is 2. The zero-order valence-corrected chi connectivity index (χ0v) is 12.1. The maximum atomic E-state index is 13.1. The Balaban J connectivity index is 2.16. The standard InChI is InChI=1S/C14H10BrFN2O3/c15-10-6-5-8(16)7-12(10)18-14(21)17-11-4-2-1-3-9(11)13(19)20/h1-7H,(H,19,20)(H2,17,18,21). The first-order chi connectivity index (χ1) is 9.97.